The molecule has 0 saturated heterocycles. The Morgan fingerprint density at radius 2 is 1.94 bits per heavy atom. The van der Waals surface area contributed by atoms with Crippen LogP contribution in [0.25, 0.3) is 0 Å². The lowest BCUT2D eigenvalue weighted by Gasteiger charge is -2.11. The van der Waals surface area contributed by atoms with Crippen LogP contribution in [0.3, 0.4) is 0 Å². The first-order valence-electron chi connectivity index (χ1n) is 5.83. The van der Waals surface area contributed by atoms with Gasteiger partial charge in [0.2, 0.25) is 0 Å². The molecular weight excluding hydrogens is 221 g/mol. The molecule has 2 N–H and O–H groups in total. The van der Waals surface area contributed by atoms with Gasteiger partial charge < -0.3 is 5.73 Å². The zero-order valence-corrected chi connectivity index (χ0v) is 10.6. The molecule has 0 aliphatic rings. The molecule has 0 radical (unpaired) electrons. The van der Waals surface area contributed by atoms with Gasteiger partial charge in [-0.25, -0.2) is 4.39 Å². The van der Waals surface area contributed by atoms with Gasteiger partial charge in [-0.05, 0) is 29.9 Å². The molecule has 0 spiro atoms. The van der Waals surface area contributed by atoms with Crippen molar-refractivity contribution in [2.45, 2.75) is 32.2 Å². The van der Waals surface area contributed by atoms with Crippen molar-refractivity contribution in [1.82, 2.24) is 0 Å². The molecule has 0 fully saturated rings. The normalized spacial score (nSPS) is 12.7. The molecule has 1 unspecified atom stereocenters. The Kier molecular flexibility index (Phi) is 6.50. The van der Waals surface area contributed by atoms with Crippen LogP contribution in [0.15, 0.2) is 24.3 Å². The van der Waals surface area contributed by atoms with Gasteiger partial charge in [0.25, 0.3) is 0 Å². The fraction of sp³-hybridized carbons (Fsp3) is 0.538. The lowest BCUT2D eigenvalue weighted by Crippen LogP contribution is -2.13. The van der Waals surface area contributed by atoms with Gasteiger partial charge in [-0.2, -0.15) is 11.8 Å². The van der Waals surface area contributed by atoms with Crippen molar-refractivity contribution >= 4 is 11.8 Å². The summed E-state index contributed by atoms with van der Waals surface area (Å²) in [5.41, 5.74) is 7.03. The Labute approximate surface area is 102 Å². The van der Waals surface area contributed by atoms with Gasteiger partial charge in [-0.1, -0.05) is 31.9 Å². The minimum absolute atomic E-state index is 0.0206. The summed E-state index contributed by atoms with van der Waals surface area (Å²) in [5, 5.41) is 0. The Bertz CT molecular complexity index is 286. The van der Waals surface area contributed by atoms with E-state index in [9.17, 15) is 4.39 Å². The largest absolute Gasteiger partial charge is 0.323 e. The second kappa shape index (κ2) is 7.69. The van der Waals surface area contributed by atoms with Crippen LogP contribution in [0.4, 0.5) is 4.39 Å². The highest BCUT2D eigenvalue weighted by atomic mass is 32.2. The molecule has 0 heterocycles. The molecule has 0 saturated carbocycles. The zero-order chi connectivity index (χ0) is 11.8. The van der Waals surface area contributed by atoms with Crippen molar-refractivity contribution in [2.24, 2.45) is 5.73 Å². The predicted molar refractivity (Wildman–Crippen MR) is 70.2 cm³/mol. The van der Waals surface area contributed by atoms with Crippen LogP contribution < -0.4 is 5.73 Å². The SMILES string of the molecule is CCCCCSCC(N)c1ccc(F)cc1. The van der Waals surface area contributed by atoms with Crippen LogP contribution in [0.2, 0.25) is 0 Å². The van der Waals surface area contributed by atoms with E-state index in [-0.39, 0.29) is 11.9 Å². The molecule has 0 bridgehead atoms. The molecule has 0 aliphatic carbocycles. The smallest absolute Gasteiger partial charge is 0.123 e. The van der Waals surface area contributed by atoms with E-state index >= 15 is 0 Å². The van der Waals surface area contributed by atoms with E-state index in [1.165, 1.54) is 37.1 Å². The Morgan fingerprint density at radius 1 is 1.25 bits per heavy atom. The number of nitrogens with two attached hydrogens (primary N) is 1. The maximum atomic E-state index is 12.7. The van der Waals surface area contributed by atoms with E-state index in [0.29, 0.717) is 0 Å². The monoisotopic (exact) mass is 241 g/mol. The van der Waals surface area contributed by atoms with Gasteiger partial charge in [0.15, 0.2) is 0 Å². The summed E-state index contributed by atoms with van der Waals surface area (Å²) in [5.74, 6) is 1.88. The lowest BCUT2D eigenvalue weighted by molar-refractivity contribution is 0.626. The number of benzene rings is 1. The number of unbranched alkanes of at least 4 members (excludes halogenated alkanes) is 2. The molecule has 1 rings (SSSR count). The summed E-state index contributed by atoms with van der Waals surface area (Å²) in [4.78, 5) is 0. The van der Waals surface area contributed by atoms with E-state index in [2.05, 4.69) is 6.92 Å². The third kappa shape index (κ3) is 4.99. The average Bonchev–Trinajstić information content (AvgIpc) is 2.29. The van der Waals surface area contributed by atoms with Crippen molar-refractivity contribution in [3.63, 3.8) is 0 Å². The number of rotatable bonds is 7. The maximum absolute atomic E-state index is 12.7. The molecule has 1 aromatic carbocycles. The Balaban J connectivity index is 2.24. The van der Waals surface area contributed by atoms with Crippen molar-refractivity contribution in [2.75, 3.05) is 11.5 Å². The predicted octanol–water partition coefficient (Wildman–Crippen LogP) is 3.75. The molecule has 0 aromatic heterocycles. The lowest BCUT2D eigenvalue weighted by atomic mass is 10.1. The van der Waals surface area contributed by atoms with E-state index in [1.54, 1.807) is 12.1 Å². The quantitative estimate of drug-likeness (QED) is 0.736. The summed E-state index contributed by atoms with van der Waals surface area (Å²) >= 11 is 1.88. The summed E-state index contributed by atoms with van der Waals surface area (Å²) in [6, 6.07) is 6.50. The molecule has 3 heteroatoms. The van der Waals surface area contributed by atoms with Gasteiger partial charge in [-0.3, -0.25) is 0 Å². The van der Waals surface area contributed by atoms with Crippen molar-refractivity contribution in [1.29, 1.82) is 0 Å². The van der Waals surface area contributed by atoms with Crippen LogP contribution in [-0.2, 0) is 0 Å². The van der Waals surface area contributed by atoms with Crippen molar-refractivity contribution in [3.05, 3.63) is 35.6 Å². The molecule has 1 aromatic rings. The highest BCUT2D eigenvalue weighted by Crippen LogP contribution is 2.17. The summed E-state index contributed by atoms with van der Waals surface area (Å²) in [6.07, 6.45) is 3.81. The van der Waals surface area contributed by atoms with Gasteiger partial charge >= 0.3 is 0 Å². The minimum atomic E-state index is -0.202. The standard InChI is InChI=1S/C13H20FNS/c1-2-3-4-9-16-10-13(15)11-5-7-12(14)8-6-11/h5-8,13H,2-4,9-10,15H2,1H3. The third-order valence-corrected chi connectivity index (χ3v) is 3.66. The maximum Gasteiger partial charge on any atom is 0.123 e. The van der Waals surface area contributed by atoms with Crippen LogP contribution in [0.1, 0.15) is 37.8 Å². The van der Waals surface area contributed by atoms with Crippen LogP contribution in [0, 0.1) is 5.82 Å². The highest BCUT2D eigenvalue weighted by Gasteiger charge is 2.05. The van der Waals surface area contributed by atoms with Crippen molar-refractivity contribution in [3.8, 4) is 0 Å². The summed E-state index contributed by atoms with van der Waals surface area (Å²) < 4.78 is 12.7. The molecule has 16 heavy (non-hydrogen) atoms. The second-order valence-corrected chi connectivity index (χ2v) is 5.09. The first-order valence-corrected chi connectivity index (χ1v) is 6.98. The van der Waals surface area contributed by atoms with Gasteiger partial charge in [0, 0.05) is 11.8 Å². The Hall–Kier alpha value is -0.540. The van der Waals surface area contributed by atoms with Gasteiger partial charge in [-0.15, -0.1) is 0 Å². The van der Waals surface area contributed by atoms with Crippen LogP contribution >= 0.6 is 11.8 Å². The molecule has 1 nitrogen and oxygen atoms in total. The molecule has 90 valence electrons. The van der Waals surface area contributed by atoms with E-state index in [0.717, 1.165) is 11.3 Å². The Morgan fingerprint density at radius 3 is 2.56 bits per heavy atom. The molecular formula is C13H20FNS. The zero-order valence-electron chi connectivity index (χ0n) is 9.79. The second-order valence-electron chi connectivity index (χ2n) is 3.94. The fourth-order valence-electron chi connectivity index (χ4n) is 1.47. The van der Waals surface area contributed by atoms with Crippen LogP contribution in [-0.4, -0.2) is 11.5 Å². The highest BCUT2D eigenvalue weighted by molar-refractivity contribution is 7.99. The molecule has 0 aliphatic heterocycles. The van der Waals surface area contributed by atoms with E-state index in [1.807, 2.05) is 11.8 Å². The molecule has 0 amide bonds. The fourth-order valence-corrected chi connectivity index (χ4v) is 2.49. The summed E-state index contributed by atoms with van der Waals surface area (Å²) in [7, 11) is 0. The first kappa shape index (κ1) is 13.5. The van der Waals surface area contributed by atoms with E-state index < -0.39 is 0 Å². The van der Waals surface area contributed by atoms with Crippen LogP contribution in [0.5, 0.6) is 0 Å². The topological polar surface area (TPSA) is 26.0 Å². The third-order valence-electron chi connectivity index (χ3n) is 2.49. The summed E-state index contributed by atoms with van der Waals surface area (Å²) in [6.45, 7) is 2.20. The van der Waals surface area contributed by atoms with Gasteiger partial charge in [0.1, 0.15) is 5.82 Å². The number of halogens is 1. The minimum Gasteiger partial charge on any atom is -0.323 e. The first-order chi connectivity index (χ1) is 7.74. The number of thioether (sulfide) groups is 1. The molecule has 1 atom stereocenters. The van der Waals surface area contributed by atoms with Gasteiger partial charge in [0.05, 0.1) is 0 Å². The van der Waals surface area contributed by atoms with E-state index in [4.69, 9.17) is 5.73 Å². The van der Waals surface area contributed by atoms with Crippen molar-refractivity contribution < 1.29 is 4.39 Å². The number of hydrogen-bond acceptors (Lipinski definition) is 2. The average molecular weight is 241 g/mol. The number of hydrogen-bond donors (Lipinski definition) is 1.